The Morgan fingerprint density at radius 1 is 1.38 bits per heavy atom. The first-order chi connectivity index (χ1) is 11.7. The highest BCUT2D eigenvalue weighted by Gasteiger charge is 2.26. The standard InChI is InChI=1S/C18H22BrN3O2/c1-24-17-7-3-2-6-14(17)16(22-8-4-5-9-22)12-21-18(23)15-10-13(19)11-20-15/h2-3,6-7,10-11,16,20H,4-5,8-9,12H2,1H3,(H,21,23). The molecule has 1 aromatic heterocycles. The predicted octanol–water partition coefficient (Wildman–Crippen LogP) is 3.35. The third kappa shape index (κ3) is 3.82. The van der Waals surface area contributed by atoms with Crippen molar-refractivity contribution in [3.8, 4) is 5.75 Å². The van der Waals surface area contributed by atoms with Gasteiger partial charge in [0.05, 0.1) is 13.2 Å². The summed E-state index contributed by atoms with van der Waals surface area (Å²) in [6, 6.07) is 9.94. The average Bonchev–Trinajstić information content (AvgIpc) is 3.27. The number of nitrogens with one attached hydrogen (secondary N) is 2. The van der Waals surface area contributed by atoms with Crippen molar-refractivity contribution in [3.63, 3.8) is 0 Å². The van der Waals surface area contributed by atoms with Crippen molar-refractivity contribution in [1.29, 1.82) is 0 Å². The van der Waals surface area contributed by atoms with Gasteiger partial charge in [0.15, 0.2) is 0 Å². The molecule has 0 spiro atoms. The van der Waals surface area contributed by atoms with Gasteiger partial charge >= 0.3 is 0 Å². The van der Waals surface area contributed by atoms with Crippen molar-refractivity contribution in [1.82, 2.24) is 15.2 Å². The van der Waals surface area contributed by atoms with E-state index in [4.69, 9.17) is 4.74 Å². The number of ether oxygens (including phenoxy) is 1. The summed E-state index contributed by atoms with van der Waals surface area (Å²) in [7, 11) is 1.69. The lowest BCUT2D eigenvalue weighted by atomic mass is 10.0. The van der Waals surface area contributed by atoms with Gasteiger partial charge in [-0.3, -0.25) is 9.69 Å². The molecule has 3 rings (SSSR count). The Balaban J connectivity index is 1.76. The lowest BCUT2D eigenvalue weighted by Gasteiger charge is -2.29. The van der Waals surface area contributed by atoms with E-state index in [1.165, 1.54) is 12.8 Å². The van der Waals surface area contributed by atoms with Crippen LogP contribution < -0.4 is 10.1 Å². The van der Waals surface area contributed by atoms with Gasteiger partial charge in [-0.2, -0.15) is 0 Å². The Labute approximate surface area is 150 Å². The lowest BCUT2D eigenvalue weighted by Crippen LogP contribution is -2.37. The number of carbonyl (C=O) groups excluding carboxylic acids is 1. The van der Waals surface area contributed by atoms with E-state index in [1.54, 1.807) is 19.4 Å². The maximum atomic E-state index is 12.4. The summed E-state index contributed by atoms with van der Waals surface area (Å²) < 4.78 is 6.40. The van der Waals surface area contributed by atoms with E-state index in [9.17, 15) is 4.79 Å². The summed E-state index contributed by atoms with van der Waals surface area (Å²) in [6.45, 7) is 2.65. The van der Waals surface area contributed by atoms with E-state index in [0.29, 0.717) is 12.2 Å². The van der Waals surface area contributed by atoms with Gasteiger partial charge < -0.3 is 15.0 Å². The van der Waals surface area contributed by atoms with Crippen molar-refractivity contribution in [2.75, 3.05) is 26.7 Å². The smallest absolute Gasteiger partial charge is 0.267 e. The number of hydrogen-bond donors (Lipinski definition) is 2. The zero-order valence-corrected chi connectivity index (χ0v) is 15.3. The molecule has 5 nitrogen and oxygen atoms in total. The number of methoxy groups -OCH3 is 1. The van der Waals surface area contributed by atoms with E-state index < -0.39 is 0 Å². The van der Waals surface area contributed by atoms with E-state index in [1.807, 2.05) is 18.2 Å². The summed E-state index contributed by atoms with van der Waals surface area (Å²) in [5.41, 5.74) is 1.68. The minimum Gasteiger partial charge on any atom is -0.496 e. The highest BCUT2D eigenvalue weighted by molar-refractivity contribution is 9.10. The SMILES string of the molecule is COc1ccccc1C(CNC(=O)c1cc(Br)c[nH]1)N1CCCC1. The molecule has 1 aliphatic rings. The number of benzene rings is 1. The molecule has 2 aromatic rings. The van der Waals surface area contributed by atoms with Crippen LogP contribution in [0.3, 0.4) is 0 Å². The molecule has 1 amide bonds. The van der Waals surface area contributed by atoms with Gasteiger partial charge in [0, 0.05) is 22.8 Å². The Hall–Kier alpha value is -1.79. The fraction of sp³-hybridized carbons (Fsp3) is 0.389. The number of amides is 1. The molecule has 2 heterocycles. The van der Waals surface area contributed by atoms with Crippen LogP contribution in [0.1, 0.15) is 34.9 Å². The minimum atomic E-state index is -0.0974. The second-order valence-electron chi connectivity index (χ2n) is 5.94. The second-order valence-corrected chi connectivity index (χ2v) is 6.86. The summed E-state index contributed by atoms with van der Waals surface area (Å²) in [6.07, 6.45) is 4.15. The zero-order valence-electron chi connectivity index (χ0n) is 13.7. The molecular formula is C18H22BrN3O2. The number of aromatic amines is 1. The van der Waals surface area contributed by atoms with Crippen LogP contribution in [-0.2, 0) is 0 Å². The van der Waals surface area contributed by atoms with E-state index in [-0.39, 0.29) is 11.9 Å². The molecule has 0 radical (unpaired) electrons. The Morgan fingerprint density at radius 3 is 2.79 bits per heavy atom. The molecule has 1 unspecified atom stereocenters. The number of rotatable bonds is 6. The van der Waals surface area contributed by atoms with Crippen LogP contribution >= 0.6 is 15.9 Å². The minimum absolute atomic E-state index is 0.0974. The van der Waals surface area contributed by atoms with Gasteiger partial charge in [0.2, 0.25) is 0 Å². The third-order valence-electron chi connectivity index (χ3n) is 4.43. The molecule has 1 fully saturated rings. The number of halogens is 1. The highest BCUT2D eigenvalue weighted by Crippen LogP contribution is 2.31. The van der Waals surface area contributed by atoms with Crippen molar-refractivity contribution in [2.24, 2.45) is 0 Å². The number of H-pyrrole nitrogens is 1. The topological polar surface area (TPSA) is 57.4 Å². The Kier molecular flexibility index (Phi) is 5.58. The molecule has 0 aliphatic carbocycles. The molecule has 24 heavy (non-hydrogen) atoms. The number of nitrogens with zero attached hydrogens (tertiary/aromatic N) is 1. The van der Waals surface area contributed by atoms with Crippen LogP contribution in [0.2, 0.25) is 0 Å². The van der Waals surface area contributed by atoms with Gasteiger partial charge in [-0.05, 0) is 54.0 Å². The highest BCUT2D eigenvalue weighted by atomic mass is 79.9. The molecule has 1 aromatic carbocycles. The molecule has 2 N–H and O–H groups in total. The zero-order chi connectivity index (χ0) is 16.9. The summed E-state index contributed by atoms with van der Waals surface area (Å²) in [5.74, 6) is 0.770. The summed E-state index contributed by atoms with van der Waals surface area (Å²) in [4.78, 5) is 17.7. The van der Waals surface area contributed by atoms with Crippen molar-refractivity contribution >= 4 is 21.8 Å². The maximum Gasteiger partial charge on any atom is 0.267 e. The molecule has 1 aliphatic heterocycles. The first-order valence-corrected chi connectivity index (χ1v) is 8.97. The van der Waals surface area contributed by atoms with E-state index in [0.717, 1.165) is 28.9 Å². The fourth-order valence-corrected chi connectivity index (χ4v) is 3.56. The molecule has 0 saturated carbocycles. The molecular weight excluding hydrogens is 370 g/mol. The third-order valence-corrected chi connectivity index (χ3v) is 4.89. The molecule has 1 atom stereocenters. The van der Waals surface area contributed by atoms with Gasteiger partial charge in [-0.25, -0.2) is 0 Å². The van der Waals surface area contributed by atoms with Crippen molar-refractivity contribution in [2.45, 2.75) is 18.9 Å². The molecule has 128 valence electrons. The quantitative estimate of drug-likeness (QED) is 0.793. The average molecular weight is 392 g/mol. The van der Waals surface area contributed by atoms with Crippen LogP contribution in [0.4, 0.5) is 0 Å². The van der Waals surface area contributed by atoms with Crippen molar-refractivity contribution in [3.05, 3.63) is 52.3 Å². The summed E-state index contributed by atoms with van der Waals surface area (Å²) >= 11 is 3.35. The van der Waals surface area contributed by atoms with Crippen molar-refractivity contribution < 1.29 is 9.53 Å². The van der Waals surface area contributed by atoms with Gasteiger partial charge in [-0.15, -0.1) is 0 Å². The normalized spacial score (nSPS) is 16.1. The van der Waals surface area contributed by atoms with Crippen LogP contribution in [0.5, 0.6) is 5.75 Å². The predicted molar refractivity (Wildman–Crippen MR) is 97.4 cm³/mol. The van der Waals surface area contributed by atoms with Crippen LogP contribution in [0.25, 0.3) is 0 Å². The van der Waals surface area contributed by atoms with Crippen LogP contribution in [0.15, 0.2) is 41.0 Å². The second kappa shape index (κ2) is 7.85. The van der Waals surface area contributed by atoms with E-state index >= 15 is 0 Å². The number of carbonyl (C=O) groups is 1. The number of para-hydroxylation sites is 1. The molecule has 6 heteroatoms. The first kappa shape index (κ1) is 17.0. The Morgan fingerprint density at radius 2 is 2.12 bits per heavy atom. The van der Waals surface area contributed by atoms with Crippen LogP contribution in [-0.4, -0.2) is 42.5 Å². The molecule has 0 bridgehead atoms. The monoisotopic (exact) mass is 391 g/mol. The van der Waals surface area contributed by atoms with Gasteiger partial charge in [0.25, 0.3) is 5.91 Å². The van der Waals surface area contributed by atoms with Gasteiger partial charge in [-0.1, -0.05) is 18.2 Å². The number of hydrogen-bond acceptors (Lipinski definition) is 3. The van der Waals surface area contributed by atoms with Gasteiger partial charge in [0.1, 0.15) is 11.4 Å². The molecule has 1 saturated heterocycles. The number of aromatic nitrogens is 1. The summed E-state index contributed by atoms with van der Waals surface area (Å²) in [5, 5.41) is 3.05. The van der Waals surface area contributed by atoms with Crippen LogP contribution in [0, 0.1) is 0 Å². The Bertz CT molecular complexity index is 695. The fourth-order valence-electron chi connectivity index (χ4n) is 3.21. The first-order valence-electron chi connectivity index (χ1n) is 8.18. The lowest BCUT2D eigenvalue weighted by molar-refractivity contribution is 0.0933. The maximum absolute atomic E-state index is 12.4. The largest absolute Gasteiger partial charge is 0.496 e. The van der Waals surface area contributed by atoms with E-state index in [2.05, 4.69) is 37.2 Å². The number of likely N-dealkylation sites (tertiary alicyclic amines) is 1.